The van der Waals surface area contributed by atoms with Gasteiger partial charge in [0.15, 0.2) is 5.69 Å². The molecule has 0 saturated heterocycles. The zero-order chi connectivity index (χ0) is 14.8. The molecule has 1 heterocycles. The van der Waals surface area contributed by atoms with Gasteiger partial charge >= 0.3 is 0 Å². The molecule has 0 unspecified atom stereocenters. The third-order valence-electron chi connectivity index (χ3n) is 3.10. The number of aromatic amines is 1. The summed E-state index contributed by atoms with van der Waals surface area (Å²) in [5.41, 5.74) is 2.35. The molecule has 0 aliphatic carbocycles. The molecule has 0 aliphatic rings. The molecule has 0 spiro atoms. The molecular formula is C16H10ClN3O. The van der Waals surface area contributed by atoms with E-state index in [9.17, 15) is 4.79 Å². The van der Waals surface area contributed by atoms with Gasteiger partial charge in [-0.05, 0) is 24.3 Å². The van der Waals surface area contributed by atoms with Gasteiger partial charge in [0.2, 0.25) is 0 Å². The van der Waals surface area contributed by atoms with Gasteiger partial charge in [0.1, 0.15) is 5.69 Å². The van der Waals surface area contributed by atoms with E-state index in [0.717, 1.165) is 10.9 Å². The molecule has 0 bridgehead atoms. The molecule has 4 nitrogen and oxygen atoms in total. The number of amides is 1. The van der Waals surface area contributed by atoms with Crippen LogP contribution in [0.5, 0.6) is 0 Å². The second-order valence-corrected chi connectivity index (χ2v) is 4.91. The molecule has 3 rings (SSSR count). The van der Waals surface area contributed by atoms with Crippen molar-refractivity contribution in [1.29, 1.82) is 0 Å². The number of rotatable bonds is 2. The number of para-hydroxylation sites is 1. The molecule has 0 atom stereocenters. The van der Waals surface area contributed by atoms with E-state index in [0.29, 0.717) is 22.1 Å². The topological polar surface area (TPSA) is 49.2 Å². The van der Waals surface area contributed by atoms with Gasteiger partial charge < -0.3 is 10.3 Å². The Morgan fingerprint density at radius 3 is 2.62 bits per heavy atom. The summed E-state index contributed by atoms with van der Waals surface area (Å²) in [4.78, 5) is 18.5. The van der Waals surface area contributed by atoms with E-state index in [-0.39, 0.29) is 5.91 Å². The Balaban J connectivity index is 1.86. The van der Waals surface area contributed by atoms with Crippen molar-refractivity contribution in [2.24, 2.45) is 0 Å². The van der Waals surface area contributed by atoms with E-state index in [1.807, 2.05) is 12.1 Å². The second-order valence-electron chi connectivity index (χ2n) is 4.50. The maximum Gasteiger partial charge on any atom is 0.272 e. The van der Waals surface area contributed by atoms with E-state index in [1.165, 1.54) is 0 Å². The van der Waals surface area contributed by atoms with Gasteiger partial charge in [-0.25, -0.2) is 4.85 Å². The summed E-state index contributed by atoms with van der Waals surface area (Å²) in [7, 11) is 0. The highest BCUT2D eigenvalue weighted by atomic mass is 35.5. The van der Waals surface area contributed by atoms with Gasteiger partial charge in [-0.15, -0.1) is 0 Å². The van der Waals surface area contributed by atoms with Gasteiger partial charge in [-0.1, -0.05) is 35.9 Å². The fourth-order valence-electron chi connectivity index (χ4n) is 2.06. The first-order chi connectivity index (χ1) is 10.2. The Morgan fingerprint density at radius 1 is 1.19 bits per heavy atom. The van der Waals surface area contributed by atoms with E-state index >= 15 is 0 Å². The van der Waals surface area contributed by atoms with Crippen molar-refractivity contribution < 1.29 is 4.79 Å². The summed E-state index contributed by atoms with van der Waals surface area (Å²) >= 11 is 6.08. The van der Waals surface area contributed by atoms with Crippen LogP contribution in [0.2, 0.25) is 5.02 Å². The molecule has 0 aliphatic heterocycles. The molecule has 0 saturated carbocycles. The summed E-state index contributed by atoms with van der Waals surface area (Å²) < 4.78 is 0. The number of carbonyl (C=O) groups is 1. The number of H-pyrrole nitrogens is 1. The fraction of sp³-hybridized carbons (Fsp3) is 0. The number of nitrogens with one attached hydrogen (secondary N) is 2. The Labute approximate surface area is 126 Å². The SMILES string of the molecule is [C-]#[N+]c1ccc(NC(=O)c2cc3cccc(Cl)c3[nH]2)cc1. The minimum absolute atomic E-state index is 0.252. The van der Waals surface area contributed by atoms with Crippen LogP contribution < -0.4 is 5.32 Å². The number of carbonyl (C=O) groups excluding carboxylic acids is 1. The molecule has 2 N–H and O–H groups in total. The molecule has 5 heteroatoms. The first kappa shape index (κ1) is 13.2. The quantitative estimate of drug-likeness (QED) is 0.666. The highest BCUT2D eigenvalue weighted by Gasteiger charge is 2.11. The normalized spacial score (nSPS) is 10.3. The lowest BCUT2D eigenvalue weighted by molar-refractivity contribution is 0.102. The number of anilines is 1. The average Bonchev–Trinajstić information content (AvgIpc) is 2.94. The third-order valence-corrected chi connectivity index (χ3v) is 3.42. The predicted molar refractivity (Wildman–Crippen MR) is 84.0 cm³/mol. The first-order valence-corrected chi connectivity index (χ1v) is 6.61. The van der Waals surface area contributed by atoms with Crippen LogP contribution in [-0.2, 0) is 0 Å². The first-order valence-electron chi connectivity index (χ1n) is 6.23. The van der Waals surface area contributed by atoms with Crippen LogP contribution in [0.1, 0.15) is 10.5 Å². The summed E-state index contributed by atoms with van der Waals surface area (Å²) in [6.45, 7) is 6.89. The predicted octanol–water partition coefficient (Wildman–Crippen LogP) is 4.62. The number of hydrogen-bond donors (Lipinski definition) is 2. The van der Waals surface area contributed by atoms with Crippen molar-refractivity contribution >= 4 is 39.8 Å². The largest absolute Gasteiger partial charge is 0.349 e. The number of nitrogens with zero attached hydrogens (tertiary/aromatic N) is 1. The zero-order valence-electron chi connectivity index (χ0n) is 10.9. The summed E-state index contributed by atoms with van der Waals surface area (Å²) in [5.74, 6) is -0.252. The number of halogens is 1. The Morgan fingerprint density at radius 2 is 1.95 bits per heavy atom. The molecule has 21 heavy (non-hydrogen) atoms. The molecule has 2 aromatic carbocycles. The van der Waals surface area contributed by atoms with Crippen LogP contribution in [0.15, 0.2) is 48.5 Å². The van der Waals surface area contributed by atoms with E-state index in [1.54, 1.807) is 36.4 Å². The van der Waals surface area contributed by atoms with Crippen LogP contribution in [0.3, 0.4) is 0 Å². The smallest absolute Gasteiger partial charge is 0.272 e. The number of hydrogen-bond acceptors (Lipinski definition) is 1. The lowest BCUT2D eigenvalue weighted by atomic mass is 10.2. The molecule has 3 aromatic rings. The van der Waals surface area contributed by atoms with Gasteiger partial charge in [0.05, 0.1) is 17.1 Å². The molecular weight excluding hydrogens is 286 g/mol. The molecule has 0 radical (unpaired) electrons. The third kappa shape index (κ3) is 2.60. The molecule has 1 aromatic heterocycles. The number of aromatic nitrogens is 1. The molecule has 102 valence electrons. The maximum absolute atomic E-state index is 12.2. The maximum atomic E-state index is 12.2. The minimum atomic E-state index is -0.252. The Bertz CT molecular complexity index is 859. The monoisotopic (exact) mass is 295 g/mol. The lowest BCUT2D eigenvalue weighted by Gasteiger charge is -2.03. The lowest BCUT2D eigenvalue weighted by Crippen LogP contribution is -2.11. The number of benzene rings is 2. The Kier molecular flexibility index (Phi) is 3.35. The van der Waals surface area contributed by atoms with E-state index in [4.69, 9.17) is 18.2 Å². The number of fused-ring (bicyclic) bond motifs is 1. The standard InChI is InChI=1S/C16H10ClN3O/c1-18-11-5-7-12(8-6-11)19-16(21)14-9-10-3-2-4-13(17)15(10)20-14/h2-9,20H,(H,19,21). The van der Waals surface area contributed by atoms with E-state index < -0.39 is 0 Å². The highest BCUT2D eigenvalue weighted by molar-refractivity contribution is 6.35. The van der Waals surface area contributed by atoms with Crippen LogP contribution in [0, 0.1) is 6.57 Å². The molecule has 0 fully saturated rings. The fourth-order valence-corrected chi connectivity index (χ4v) is 2.29. The van der Waals surface area contributed by atoms with Crippen molar-refractivity contribution in [3.63, 3.8) is 0 Å². The molecule has 1 amide bonds. The van der Waals surface area contributed by atoms with E-state index in [2.05, 4.69) is 15.1 Å². The van der Waals surface area contributed by atoms with Crippen LogP contribution in [-0.4, -0.2) is 10.9 Å². The Hall–Kier alpha value is -2.77. The summed E-state index contributed by atoms with van der Waals surface area (Å²) in [6.07, 6.45) is 0. The van der Waals surface area contributed by atoms with Crippen LogP contribution >= 0.6 is 11.6 Å². The summed E-state index contributed by atoms with van der Waals surface area (Å²) in [6, 6.07) is 14.0. The van der Waals surface area contributed by atoms with Gasteiger partial charge in [-0.3, -0.25) is 4.79 Å². The van der Waals surface area contributed by atoms with Crippen LogP contribution in [0.25, 0.3) is 15.7 Å². The van der Waals surface area contributed by atoms with Crippen molar-refractivity contribution in [2.75, 3.05) is 5.32 Å². The zero-order valence-corrected chi connectivity index (χ0v) is 11.6. The second kappa shape index (κ2) is 5.31. The van der Waals surface area contributed by atoms with Gasteiger partial charge in [0, 0.05) is 11.1 Å². The van der Waals surface area contributed by atoms with Gasteiger partial charge in [-0.2, -0.15) is 0 Å². The van der Waals surface area contributed by atoms with Gasteiger partial charge in [0.25, 0.3) is 5.91 Å². The van der Waals surface area contributed by atoms with Crippen molar-refractivity contribution in [1.82, 2.24) is 4.98 Å². The average molecular weight is 296 g/mol. The summed E-state index contributed by atoms with van der Waals surface area (Å²) in [5, 5.41) is 4.24. The minimum Gasteiger partial charge on any atom is -0.349 e. The van der Waals surface area contributed by atoms with Crippen molar-refractivity contribution in [3.05, 3.63) is 70.7 Å². The van der Waals surface area contributed by atoms with Crippen molar-refractivity contribution in [3.8, 4) is 0 Å². The highest BCUT2D eigenvalue weighted by Crippen LogP contribution is 2.24. The van der Waals surface area contributed by atoms with Crippen LogP contribution in [0.4, 0.5) is 11.4 Å². The van der Waals surface area contributed by atoms with Crippen molar-refractivity contribution in [2.45, 2.75) is 0 Å².